The number of hydrogen-bond acceptors (Lipinski definition) is 4. The van der Waals surface area contributed by atoms with Crippen LogP contribution in [0.25, 0.3) is 5.70 Å². The quantitative estimate of drug-likeness (QED) is 0.171. The van der Waals surface area contributed by atoms with Gasteiger partial charge < -0.3 is 9.47 Å². The minimum Gasteiger partial charge on any atom is -0.357 e. The molecule has 1 aromatic heterocycles. The minimum atomic E-state index is -0.134. The summed E-state index contributed by atoms with van der Waals surface area (Å²) in [5.74, 6) is 7.67. The van der Waals surface area contributed by atoms with Gasteiger partial charge in [0, 0.05) is 53.6 Å². The fourth-order valence-corrected chi connectivity index (χ4v) is 20.5. The molecule has 2 heterocycles. The fourth-order valence-electron chi connectivity index (χ4n) is 20.5. The summed E-state index contributed by atoms with van der Waals surface area (Å²) in [5, 5.41) is 20.3. The van der Waals surface area contributed by atoms with Crippen LogP contribution in [0.15, 0.2) is 138 Å². The van der Waals surface area contributed by atoms with Crippen molar-refractivity contribution in [1.29, 1.82) is 5.26 Å². The third-order valence-corrected chi connectivity index (χ3v) is 24.1. The number of fused-ring (bicyclic) bond motifs is 13. The normalized spacial score (nSPS) is 38.4. The molecule has 14 rings (SSSR count). The van der Waals surface area contributed by atoms with Gasteiger partial charge in [-0.1, -0.05) is 137 Å². The van der Waals surface area contributed by atoms with Crippen molar-refractivity contribution < 1.29 is 0 Å². The number of nitriles is 1. The Morgan fingerprint density at radius 1 is 0.766 bits per heavy atom. The maximum atomic E-state index is 11.8. The van der Waals surface area contributed by atoms with Crippen LogP contribution in [0.1, 0.15) is 165 Å². The molecule has 0 radical (unpaired) electrons. The molecule has 0 spiro atoms. The molecule has 0 amide bonds. The van der Waals surface area contributed by atoms with Gasteiger partial charge in [0.25, 0.3) is 0 Å². The van der Waals surface area contributed by atoms with E-state index in [0.717, 1.165) is 67.9 Å². The highest BCUT2D eigenvalue weighted by Gasteiger charge is 2.61. The zero-order chi connectivity index (χ0) is 52.2. The molecular weight excluding hydrogens is 935 g/mol. The van der Waals surface area contributed by atoms with Gasteiger partial charge >= 0.3 is 0 Å². The van der Waals surface area contributed by atoms with Gasteiger partial charge in [0.2, 0.25) is 0 Å². The van der Waals surface area contributed by atoms with Crippen molar-refractivity contribution >= 4 is 5.70 Å². The highest BCUT2D eigenvalue weighted by atomic mass is 15.2. The van der Waals surface area contributed by atoms with Gasteiger partial charge in [-0.25, -0.2) is 0 Å². The Kier molecular flexibility index (Phi) is 13.2. The van der Waals surface area contributed by atoms with Crippen LogP contribution in [-0.4, -0.2) is 40.3 Å². The predicted octanol–water partition coefficient (Wildman–Crippen LogP) is 15.7. The predicted molar refractivity (Wildman–Crippen MR) is 317 cm³/mol. The molecule has 16 unspecified atom stereocenters. The number of hydrogen-bond donors (Lipinski definition) is 2. The van der Waals surface area contributed by atoms with Crippen LogP contribution in [0.2, 0.25) is 0 Å². The molecule has 77 heavy (non-hydrogen) atoms. The lowest BCUT2D eigenvalue weighted by Gasteiger charge is -2.44. The second-order valence-electron chi connectivity index (χ2n) is 28.0. The first-order valence-electron chi connectivity index (χ1n) is 31.8. The first-order valence-corrected chi connectivity index (χ1v) is 31.8. The van der Waals surface area contributed by atoms with E-state index in [1.807, 2.05) is 5.57 Å². The Morgan fingerprint density at radius 2 is 1.60 bits per heavy atom. The van der Waals surface area contributed by atoms with Gasteiger partial charge in [0.05, 0.1) is 23.8 Å². The summed E-state index contributed by atoms with van der Waals surface area (Å²) in [6.07, 6.45) is 65.8. The third kappa shape index (κ3) is 8.22. The van der Waals surface area contributed by atoms with Gasteiger partial charge in [-0.05, 0) is 214 Å². The molecule has 16 atom stereocenters. The van der Waals surface area contributed by atoms with Crippen LogP contribution in [0.3, 0.4) is 0 Å². The van der Waals surface area contributed by atoms with Crippen LogP contribution < -0.4 is 10.6 Å². The van der Waals surface area contributed by atoms with Crippen molar-refractivity contribution in [3.63, 3.8) is 0 Å². The van der Waals surface area contributed by atoms with Crippen molar-refractivity contribution in [2.24, 2.45) is 75.9 Å². The largest absolute Gasteiger partial charge is 0.357 e. The van der Waals surface area contributed by atoms with Gasteiger partial charge in [0.1, 0.15) is 6.07 Å². The van der Waals surface area contributed by atoms with Crippen LogP contribution in [0.5, 0.6) is 0 Å². The summed E-state index contributed by atoms with van der Waals surface area (Å²) < 4.78 is 2.81. The molecule has 404 valence electrons. The number of rotatable bonds is 11. The summed E-state index contributed by atoms with van der Waals surface area (Å²) in [5.41, 5.74) is 15.6. The smallest absolute Gasteiger partial charge is 0.101 e. The Labute approximate surface area is 464 Å². The van der Waals surface area contributed by atoms with E-state index in [1.165, 1.54) is 113 Å². The van der Waals surface area contributed by atoms with Crippen molar-refractivity contribution in [3.05, 3.63) is 160 Å². The molecular formula is C72H91N5. The lowest BCUT2D eigenvalue weighted by atomic mass is 9.67. The topological polar surface area (TPSA) is 56.0 Å². The molecule has 3 fully saturated rings. The van der Waals surface area contributed by atoms with Crippen molar-refractivity contribution in [3.8, 4) is 6.07 Å². The second-order valence-corrected chi connectivity index (χ2v) is 28.0. The van der Waals surface area contributed by atoms with Gasteiger partial charge in [-0.15, -0.1) is 6.58 Å². The zero-order valence-corrected chi connectivity index (χ0v) is 47.5. The average Bonchev–Trinajstić information content (AvgIpc) is 4.25. The lowest BCUT2D eigenvalue weighted by Crippen LogP contribution is -2.55. The average molecular weight is 1030 g/mol. The van der Waals surface area contributed by atoms with E-state index in [-0.39, 0.29) is 18.2 Å². The zero-order valence-electron chi connectivity index (χ0n) is 47.5. The second kappa shape index (κ2) is 20.2. The van der Waals surface area contributed by atoms with Crippen LogP contribution in [0.4, 0.5) is 0 Å². The van der Waals surface area contributed by atoms with Gasteiger partial charge in [-0.2, -0.15) is 5.26 Å². The van der Waals surface area contributed by atoms with Crippen LogP contribution in [0, 0.1) is 87.3 Å². The Morgan fingerprint density at radius 3 is 2.40 bits per heavy atom. The minimum absolute atomic E-state index is 0.0291. The summed E-state index contributed by atoms with van der Waals surface area (Å²) in [6, 6.07) is 3.21. The Hall–Kier alpha value is -4.63. The number of aromatic nitrogens is 1. The SMILES string of the molecule is C=CC(NC(NCC1=CCC(C2C=CC=CC2)CC1)C1C=CC=CC1)C1=CC(C#N)=C(n2c3c(c4c2CCC2C4C4C=CCCC4C2(C)C)CCCC3)CC1N1C2=C(C3CCC=CC31)C1C3CCCCC3C(C)(C)C1C=C2. The summed E-state index contributed by atoms with van der Waals surface area (Å²) >= 11 is 0. The molecule has 1 aliphatic heterocycles. The summed E-state index contributed by atoms with van der Waals surface area (Å²) in [6.45, 7) is 16.2. The summed E-state index contributed by atoms with van der Waals surface area (Å²) in [7, 11) is 0. The van der Waals surface area contributed by atoms with Crippen molar-refractivity contribution in [2.45, 2.75) is 186 Å². The fraction of sp³-hybridized carbons (Fsp3) is 0.597. The highest BCUT2D eigenvalue weighted by Crippen LogP contribution is 2.68. The van der Waals surface area contributed by atoms with Crippen molar-refractivity contribution in [1.82, 2.24) is 20.1 Å². The standard InChI is InChI=1S/C72H91N5/c1-6-59(75-70(48-23-11-8-12-24-48)74-44-45-33-35-47(36-34-45)46-21-9-7-10-22-46)54-41-49(43-73)64(76-60-31-19-15-27-52(60)68-62(76)39-37-57-66(68)50-25-13-17-29-55(50)71(57,2)3)42-65(54)77-61-32-20-16-28-53(61)69-63(77)40-38-58-67(69)51-26-14-18-30-56(51)72(58,4)5/h6-13,20-21,23,25,32-33,38,40-41,46-48,50-51,53,55-59,61,65-67,70,74-75H,1,14-19,22,24,26-31,34-37,39,42,44H2,2-5H3. The number of nitrogens with one attached hydrogen (secondary N) is 2. The molecule has 1 aromatic rings. The molecule has 0 saturated heterocycles. The van der Waals surface area contributed by atoms with E-state index in [9.17, 15) is 5.26 Å². The molecule has 0 bridgehead atoms. The van der Waals surface area contributed by atoms with E-state index < -0.39 is 0 Å². The molecule has 0 aromatic carbocycles. The molecule has 5 nitrogen and oxygen atoms in total. The lowest BCUT2D eigenvalue weighted by molar-refractivity contribution is 0.147. The monoisotopic (exact) mass is 1030 g/mol. The highest BCUT2D eigenvalue weighted by molar-refractivity contribution is 5.70. The number of allylic oxidation sites excluding steroid dienone is 15. The van der Waals surface area contributed by atoms with Crippen LogP contribution >= 0.6 is 0 Å². The molecule has 13 aliphatic rings. The summed E-state index contributed by atoms with van der Waals surface area (Å²) in [4.78, 5) is 2.98. The van der Waals surface area contributed by atoms with Gasteiger partial charge in [-0.3, -0.25) is 10.6 Å². The molecule has 5 heteroatoms. The molecule has 2 N–H and O–H groups in total. The number of nitrogens with zero attached hydrogens (tertiary/aromatic N) is 3. The van der Waals surface area contributed by atoms with E-state index in [1.54, 1.807) is 28.1 Å². The molecule has 3 saturated carbocycles. The molecule has 12 aliphatic carbocycles. The first-order chi connectivity index (χ1) is 37.6. The van der Waals surface area contributed by atoms with E-state index in [0.29, 0.717) is 64.2 Å². The Bertz CT molecular complexity index is 2920. The Balaban J connectivity index is 0.882. The van der Waals surface area contributed by atoms with E-state index in [4.69, 9.17) is 6.58 Å². The van der Waals surface area contributed by atoms with Crippen LogP contribution in [-0.2, 0) is 19.3 Å². The first kappa shape index (κ1) is 50.6. The van der Waals surface area contributed by atoms with Gasteiger partial charge in [0.15, 0.2) is 0 Å². The van der Waals surface area contributed by atoms with Crippen molar-refractivity contribution in [2.75, 3.05) is 6.54 Å². The maximum Gasteiger partial charge on any atom is 0.101 e. The third-order valence-electron chi connectivity index (χ3n) is 24.1. The van der Waals surface area contributed by atoms with E-state index in [2.05, 4.69) is 157 Å². The van der Waals surface area contributed by atoms with E-state index >= 15 is 0 Å². The maximum absolute atomic E-state index is 11.8.